The van der Waals surface area contributed by atoms with Crippen molar-refractivity contribution in [3.05, 3.63) is 59.3 Å². The van der Waals surface area contributed by atoms with Gasteiger partial charge >= 0.3 is 0 Å². The topological polar surface area (TPSA) is 46.2 Å². The zero-order valence-corrected chi connectivity index (χ0v) is 10.3. The second-order valence-corrected chi connectivity index (χ2v) is 4.25. The first-order valence-electron chi connectivity index (χ1n) is 5.95. The monoisotopic (exact) mass is 241 g/mol. The molecule has 1 aliphatic carbocycles. The van der Waals surface area contributed by atoms with Crippen LogP contribution in [-0.2, 0) is 0 Å². The summed E-state index contributed by atoms with van der Waals surface area (Å²) >= 11 is 0. The van der Waals surface area contributed by atoms with Gasteiger partial charge in [0.25, 0.3) is 5.91 Å². The van der Waals surface area contributed by atoms with Crippen molar-refractivity contribution in [2.75, 3.05) is 0 Å². The third-order valence-electron chi connectivity index (χ3n) is 2.84. The highest BCUT2D eigenvalue weighted by atomic mass is 16.1. The molecule has 0 aliphatic heterocycles. The molecule has 3 nitrogen and oxygen atoms in total. The van der Waals surface area contributed by atoms with Gasteiger partial charge in [-0.15, -0.1) is 0 Å². The van der Waals surface area contributed by atoms with E-state index in [4.69, 9.17) is 0 Å². The Morgan fingerprint density at radius 2 is 1.78 bits per heavy atom. The van der Waals surface area contributed by atoms with Gasteiger partial charge in [-0.25, -0.2) is 0 Å². The largest absolute Gasteiger partial charge is 0.326 e. The summed E-state index contributed by atoms with van der Waals surface area (Å²) in [5.41, 5.74) is 2.11. The summed E-state index contributed by atoms with van der Waals surface area (Å²) in [6.07, 6.45) is 7.73. The zero-order chi connectivity index (χ0) is 13.0. The van der Waals surface area contributed by atoms with Crippen molar-refractivity contribution in [3.63, 3.8) is 0 Å². The van der Waals surface area contributed by atoms with Gasteiger partial charge in [0.2, 0.25) is 0 Å². The number of Topliss-reactive ketones (excluding diaryl/α,β-unsaturated/α-hetero) is 1. The Morgan fingerprint density at radius 1 is 1.11 bits per heavy atom. The van der Waals surface area contributed by atoms with Crippen LogP contribution >= 0.6 is 0 Å². The lowest BCUT2D eigenvalue weighted by Crippen LogP contribution is -2.23. The molecule has 1 aromatic rings. The minimum Gasteiger partial charge on any atom is -0.326 e. The first-order valence-corrected chi connectivity index (χ1v) is 5.95. The first kappa shape index (κ1) is 12.3. The molecular weight excluding hydrogens is 226 g/mol. The normalized spacial score (nSPS) is 13.9. The molecule has 2 rings (SSSR count). The van der Waals surface area contributed by atoms with Crippen LogP contribution in [0.25, 0.3) is 0 Å². The van der Waals surface area contributed by atoms with E-state index in [0.717, 1.165) is 18.5 Å². The number of hydrogen-bond acceptors (Lipinski definition) is 2. The molecule has 0 saturated heterocycles. The molecule has 18 heavy (non-hydrogen) atoms. The molecule has 1 aliphatic rings. The van der Waals surface area contributed by atoms with E-state index in [0.29, 0.717) is 11.1 Å². The first-order chi connectivity index (χ1) is 8.66. The summed E-state index contributed by atoms with van der Waals surface area (Å²) < 4.78 is 0. The lowest BCUT2D eigenvalue weighted by atomic mass is 10.1. The van der Waals surface area contributed by atoms with Crippen molar-refractivity contribution in [2.24, 2.45) is 0 Å². The van der Waals surface area contributed by atoms with Crippen LogP contribution in [0.3, 0.4) is 0 Å². The Morgan fingerprint density at radius 3 is 2.33 bits per heavy atom. The lowest BCUT2D eigenvalue weighted by molar-refractivity contribution is 0.0961. The van der Waals surface area contributed by atoms with Gasteiger partial charge in [-0.05, 0) is 38.0 Å². The highest BCUT2D eigenvalue weighted by Crippen LogP contribution is 2.11. The van der Waals surface area contributed by atoms with Crippen molar-refractivity contribution in [2.45, 2.75) is 19.8 Å². The molecule has 0 fully saturated rings. The molecule has 0 aromatic heterocycles. The van der Waals surface area contributed by atoms with E-state index >= 15 is 0 Å². The number of rotatable bonds is 3. The molecule has 0 radical (unpaired) electrons. The standard InChI is InChI=1S/C15H15NO2/c1-11(17)12-7-9-13(10-8-12)15(18)16-14-5-3-2-4-6-14/h2-3,5,7-10H,4,6H2,1H3,(H,16,18). The van der Waals surface area contributed by atoms with Gasteiger partial charge in [-0.1, -0.05) is 24.3 Å². The predicted molar refractivity (Wildman–Crippen MR) is 70.4 cm³/mol. The van der Waals surface area contributed by atoms with Crippen molar-refractivity contribution >= 4 is 11.7 Å². The number of carbonyl (C=O) groups is 2. The second kappa shape index (κ2) is 5.45. The van der Waals surface area contributed by atoms with Crippen molar-refractivity contribution < 1.29 is 9.59 Å². The molecule has 0 heterocycles. The van der Waals surface area contributed by atoms with Crippen molar-refractivity contribution in [1.82, 2.24) is 5.32 Å². The van der Waals surface area contributed by atoms with E-state index in [1.54, 1.807) is 24.3 Å². The number of hydrogen-bond donors (Lipinski definition) is 1. The van der Waals surface area contributed by atoms with E-state index in [2.05, 4.69) is 11.4 Å². The SMILES string of the molecule is CC(=O)c1ccc(C(=O)NC2=CC=CCC2)cc1. The Kier molecular flexibility index (Phi) is 3.72. The van der Waals surface area contributed by atoms with Crippen molar-refractivity contribution in [3.8, 4) is 0 Å². The summed E-state index contributed by atoms with van der Waals surface area (Å²) in [5, 5.41) is 2.87. The fourth-order valence-corrected chi connectivity index (χ4v) is 1.78. The average Bonchev–Trinajstić information content (AvgIpc) is 2.40. The highest BCUT2D eigenvalue weighted by Gasteiger charge is 2.09. The average molecular weight is 241 g/mol. The molecule has 0 atom stereocenters. The van der Waals surface area contributed by atoms with Gasteiger partial charge in [0.1, 0.15) is 0 Å². The van der Waals surface area contributed by atoms with Crippen LogP contribution in [0.4, 0.5) is 0 Å². The van der Waals surface area contributed by atoms with Crippen molar-refractivity contribution in [1.29, 1.82) is 0 Å². The fourth-order valence-electron chi connectivity index (χ4n) is 1.78. The quantitative estimate of drug-likeness (QED) is 0.827. The van der Waals surface area contributed by atoms with Crippen LogP contribution in [0.1, 0.15) is 40.5 Å². The van der Waals surface area contributed by atoms with Gasteiger partial charge < -0.3 is 5.32 Å². The van der Waals surface area contributed by atoms with E-state index in [9.17, 15) is 9.59 Å². The van der Waals surface area contributed by atoms with E-state index in [1.807, 2.05) is 12.2 Å². The van der Waals surface area contributed by atoms with Crippen LogP contribution in [-0.4, -0.2) is 11.7 Å². The second-order valence-electron chi connectivity index (χ2n) is 4.25. The van der Waals surface area contributed by atoms with Gasteiger partial charge in [0, 0.05) is 16.8 Å². The molecule has 0 saturated carbocycles. The molecule has 0 spiro atoms. The highest BCUT2D eigenvalue weighted by molar-refractivity contribution is 5.98. The van der Waals surface area contributed by atoms with Crippen LogP contribution in [0.15, 0.2) is 48.2 Å². The van der Waals surface area contributed by atoms with E-state index < -0.39 is 0 Å². The number of amides is 1. The maximum absolute atomic E-state index is 11.9. The van der Waals surface area contributed by atoms with Gasteiger partial charge in [-0.2, -0.15) is 0 Å². The number of carbonyl (C=O) groups excluding carboxylic acids is 2. The molecule has 3 heteroatoms. The molecule has 1 amide bonds. The van der Waals surface area contributed by atoms with Crippen LogP contribution in [0.2, 0.25) is 0 Å². The summed E-state index contributed by atoms with van der Waals surface area (Å²) in [6, 6.07) is 6.69. The third-order valence-corrected chi connectivity index (χ3v) is 2.84. The Labute approximate surface area is 106 Å². The number of benzene rings is 1. The van der Waals surface area contributed by atoms with E-state index in [1.165, 1.54) is 6.92 Å². The van der Waals surface area contributed by atoms with Gasteiger partial charge in [0.15, 0.2) is 5.78 Å². The maximum Gasteiger partial charge on any atom is 0.255 e. The Balaban J connectivity index is 2.07. The summed E-state index contributed by atoms with van der Waals surface area (Å²) in [7, 11) is 0. The molecular formula is C15H15NO2. The minimum absolute atomic E-state index is 0.00193. The molecule has 0 bridgehead atoms. The Hall–Kier alpha value is -2.16. The minimum atomic E-state index is -0.133. The van der Waals surface area contributed by atoms with Crippen LogP contribution in [0, 0.1) is 0 Å². The van der Waals surface area contributed by atoms with Crippen LogP contribution < -0.4 is 5.32 Å². The van der Waals surface area contributed by atoms with Gasteiger partial charge in [0.05, 0.1) is 0 Å². The lowest BCUT2D eigenvalue weighted by Gasteiger charge is -2.11. The summed E-state index contributed by atoms with van der Waals surface area (Å²) in [4.78, 5) is 23.1. The summed E-state index contributed by atoms with van der Waals surface area (Å²) in [6.45, 7) is 1.51. The molecule has 92 valence electrons. The zero-order valence-electron chi connectivity index (χ0n) is 10.3. The van der Waals surface area contributed by atoms with E-state index in [-0.39, 0.29) is 11.7 Å². The molecule has 1 aromatic carbocycles. The smallest absolute Gasteiger partial charge is 0.255 e. The number of nitrogens with one attached hydrogen (secondary N) is 1. The Bertz CT molecular complexity index is 524. The number of ketones is 1. The summed E-state index contributed by atoms with van der Waals surface area (Å²) in [5.74, 6) is -0.131. The predicted octanol–water partition coefficient (Wildman–Crippen LogP) is 2.85. The number of allylic oxidation sites excluding steroid dienone is 4. The van der Waals surface area contributed by atoms with Crippen LogP contribution in [0.5, 0.6) is 0 Å². The maximum atomic E-state index is 11.9. The molecule has 0 unspecified atom stereocenters. The third kappa shape index (κ3) is 2.94. The van der Waals surface area contributed by atoms with Gasteiger partial charge in [-0.3, -0.25) is 9.59 Å². The fraction of sp³-hybridized carbons (Fsp3) is 0.200. The molecule has 1 N–H and O–H groups in total.